The molecule has 1 N–H and O–H groups in total. The fraction of sp³-hybridized carbons (Fsp3) is 0.500. The first-order chi connectivity index (χ1) is 10.2. The normalized spacial score (nSPS) is 10.7. The summed E-state index contributed by atoms with van der Waals surface area (Å²) >= 11 is 1.78. The van der Waals surface area contributed by atoms with Crippen LogP contribution in [0.2, 0.25) is 0 Å². The first-order valence-electron chi connectivity index (χ1n) is 7.50. The van der Waals surface area contributed by atoms with Gasteiger partial charge in [-0.25, -0.2) is 9.97 Å². The maximum Gasteiger partial charge on any atom is 0.137 e. The van der Waals surface area contributed by atoms with Crippen LogP contribution in [0, 0.1) is 6.92 Å². The molecule has 0 spiro atoms. The van der Waals surface area contributed by atoms with E-state index in [1.54, 1.807) is 11.3 Å². The zero-order valence-electron chi connectivity index (χ0n) is 13.3. The third-order valence-corrected chi connectivity index (χ3v) is 4.22. The second-order valence-corrected chi connectivity index (χ2v) is 6.19. The molecule has 2 aromatic heterocycles. The van der Waals surface area contributed by atoms with E-state index in [0.29, 0.717) is 0 Å². The summed E-state index contributed by atoms with van der Waals surface area (Å²) in [5, 5.41) is 5.53. The minimum Gasteiger partial charge on any atom is -0.370 e. The van der Waals surface area contributed by atoms with E-state index in [1.807, 2.05) is 0 Å². The van der Waals surface area contributed by atoms with Crippen LogP contribution in [0.25, 0.3) is 0 Å². The van der Waals surface area contributed by atoms with Crippen molar-refractivity contribution in [2.45, 2.75) is 40.2 Å². The van der Waals surface area contributed by atoms with E-state index in [0.717, 1.165) is 49.0 Å². The number of aryl methyl sites for hydroxylation is 1. The number of thiophene rings is 1. The van der Waals surface area contributed by atoms with Crippen molar-refractivity contribution in [3.8, 4) is 0 Å². The number of hydrogen-bond donors (Lipinski definition) is 1. The summed E-state index contributed by atoms with van der Waals surface area (Å²) in [5.74, 6) is 2.89. The van der Waals surface area contributed by atoms with Gasteiger partial charge in [0, 0.05) is 30.5 Å². The quantitative estimate of drug-likeness (QED) is 0.843. The lowest BCUT2D eigenvalue weighted by molar-refractivity contribution is 0.851. The van der Waals surface area contributed by atoms with Gasteiger partial charge in [0.05, 0.1) is 6.54 Å². The van der Waals surface area contributed by atoms with Crippen molar-refractivity contribution in [2.24, 2.45) is 0 Å². The molecule has 0 saturated carbocycles. The third kappa shape index (κ3) is 3.94. The molecule has 0 aliphatic rings. The number of anilines is 2. The largest absolute Gasteiger partial charge is 0.370 e. The van der Waals surface area contributed by atoms with E-state index in [-0.39, 0.29) is 0 Å². The van der Waals surface area contributed by atoms with E-state index in [9.17, 15) is 0 Å². The molecule has 0 bridgehead atoms. The molecule has 0 atom stereocenters. The fourth-order valence-corrected chi connectivity index (χ4v) is 2.96. The van der Waals surface area contributed by atoms with Crippen LogP contribution >= 0.6 is 11.3 Å². The smallest absolute Gasteiger partial charge is 0.137 e. The average Bonchev–Trinajstić information content (AvgIpc) is 2.99. The van der Waals surface area contributed by atoms with E-state index < -0.39 is 0 Å². The van der Waals surface area contributed by atoms with Gasteiger partial charge in [0.15, 0.2) is 0 Å². The summed E-state index contributed by atoms with van der Waals surface area (Å²) in [7, 11) is 2.10. The topological polar surface area (TPSA) is 41.1 Å². The molecule has 2 heterocycles. The summed E-state index contributed by atoms with van der Waals surface area (Å²) in [4.78, 5) is 12.9. The van der Waals surface area contributed by atoms with E-state index in [1.165, 1.54) is 4.88 Å². The molecule has 0 saturated heterocycles. The lowest BCUT2D eigenvalue weighted by Gasteiger charge is -2.22. The molecule has 0 aromatic carbocycles. The van der Waals surface area contributed by atoms with Crippen LogP contribution in [0.3, 0.4) is 0 Å². The van der Waals surface area contributed by atoms with Crippen LogP contribution in [-0.4, -0.2) is 23.6 Å². The maximum absolute atomic E-state index is 4.72. The van der Waals surface area contributed by atoms with Crippen molar-refractivity contribution in [3.05, 3.63) is 33.8 Å². The first kappa shape index (κ1) is 15.8. The number of hydrogen-bond acceptors (Lipinski definition) is 5. The van der Waals surface area contributed by atoms with Gasteiger partial charge >= 0.3 is 0 Å². The molecule has 0 radical (unpaired) electrons. The van der Waals surface area contributed by atoms with Crippen LogP contribution in [0.1, 0.15) is 36.5 Å². The van der Waals surface area contributed by atoms with Gasteiger partial charge in [-0.05, 0) is 24.8 Å². The highest BCUT2D eigenvalue weighted by Gasteiger charge is 2.14. The van der Waals surface area contributed by atoms with Crippen molar-refractivity contribution in [2.75, 3.05) is 23.8 Å². The van der Waals surface area contributed by atoms with Crippen molar-refractivity contribution >= 4 is 23.0 Å². The van der Waals surface area contributed by atoms with Gasteiger partial charge in [-0.1, -0.05) is 19.9 Å². The summed E-state index contributed by atoms with van der Waals surface area (Å²) in [6.07, 6.45) is 1.94. The molecule has 0 amide bonds. The molecule has 5 heteroatoms. The Hall–Kier alpha value is -1.62. The first-order valence-corrected chi connectivity index (χ1v) is 8.38. The lowest BCUT2D eigenvalue weighted by atomic mass is 10.2. The van der Waals surface area contributed by atoms with Crippen molar-refractivity contribution in [1.29, 1.82) is 0 Å². The van der Waals surface area contributed by atoms with Gasteiger partial charge in [0.25, 0.3) is 0 Å². The summed E-state index contributed by atoms with van der Waals surface area (Å²) in [6, 6.07) is 4.25. The fourth-order valence-electron chi connectivity index (χ4n) is 2.21. The molecule has 4 nitrogen and oxygen atoms in total. The molecule has 2 aromatic rings. The predicted octanol–water partition coefficient (Wildman–Crippen LogP) is 3.87. The molecule has 21 heavy (non-hydrogen) atoms. The Morgan fingerprint density at radius 1 is 1.29 bits per heavy atom. The number of nitrogens with one attached hydrogen (secondary N) is 1. The second kappa shape index (κ2) is 7.41. The van der Waals surface area contributed by atoms with Gasteiger partial charge in [-0.2, -0.15) is 0 Å². The molecule has 0 fully saturated rings. The Kier molecular flexibility index (Phi) is 5.56. The van der Waals surface area contributed by atoms with Crippen molar-refractivity contribution < 1.29 is 0 Å². The molecule has 2 rings (SSSR count). The minimum absolute atomic E-state index is 0.848. The highest BCUT2D eigenvalue weighted by Crippen LogP contribution is 2.25. The van der Waals surface area contributed by atoms with E-state index in [2.05, 4.69) is 60.5 Å². The highest BCUT2D eigenvalue weighted by atomic mass is 32.1. The van der Waals surface area contributed by atoms with Crippen LogP contribution in [0.15, 0.2) is 17.5 Å². The second-order valence-electron chi connectivity index (χ2n) is 5.15. The number of aromatic nitrogens is 2. The van der Waals surface area contributed by atoms with Gasteiger partial charge in [0.2, 0.25) is 0 Å². The zero-order valence-corrected chi connectivity index (χ0v) is 14.1. The van der Waals surface area contributed by atoms with Gasteiger partial charge in [-0.3, -0.25) is 0 Å². The Morgan fingerprint density at radius 2 is 2.10 bits per heavy atom. The number of nitrogens with zero attached hydrogens (tertiary/aromatic N) is 3. The standard InChI is InChI=1S/C16H24N4S/c1-5-9-17-15-12(3)16(19-14(6-2)18-15)20(4)11-13-8-7-10-21-13/h7-8,10H,5-6,9,11H2,1-4H3,(H,17,18,19). The van der Waals surface area contributed by atoms with Gasteiger partial charge in [0.1, 0.15) is 17.5 Å². The Balaban J connectivity index is 2.27. The van der Waals surface area contributed by atoms with Gasteiger partial charge in [-0.15, -0.1) is 11.3 Å². The molecule has 0 unspecified atom stereocenters. The van der Waals surface area contributed by atoms with Gasteiger partial charge < -0.3 is 10.2 Å². The Labute approximate surface area is 131 Å². The molecular formula is C16H24N4S. The summed E-state index contributed by atoms with van der Waals surface area (Å²) in [6.45, 7) is 8.17. The number of rotatable bonds is 7. The van der Waals surface area contributed by atoms with Crippen LogP contribution in [-0.2, 0) is 13.0 Å². The predicted molar refractivity (Wildman–Crippen MR) is 91.4 cm³/mol. The Morgan fingerprint density at radius 3 is 2.71 bits per heavy atom. The average molecular weight is 304 g/mol. The van der Waals surface area contributed by atoms with E-state index >= 15 is 0 Å². The lowest BCUT2D eigenvalue weighted by Crippen LogP contribution is -2.20. The molecular weight excluding hydrogens is 280 g/mol. The monoisotopic (exact) mass is 304 g/mol. The van der Waals surface area contributed by atoms with Crippen molar-refractivity contribution in [3.63, 3.8) is 0 Å². The third-order valence-electron chi connectivity index (χ3n) is 3.36. The molecule has 0 aliphatic heterocycles. The van der Waals surface area contributed by atoms with E-state index in [4.69, 9.17) is 4.98 Å². The molecule has 114 valence electrons. The van der Waals surface area contributed by atoms with Crippen LogP contribution < -0.4 is 10.2 Å². The van der Waals surface area contributed by atoms with Crippen molar-refractivity contribution in [1.82, 2.24) is 9.97 Å². The molecule has 0 aliphatic carbocycles. The van der Waals surface area contributed by atoms with Crippen LogP contribution in [0.4, 0.5) is 11.6 Å². The minimum atomic E-state index is 0.848. The van der Waals surface area contributed by atoms with Crippen LogP contribution in [0.5, 0.6) is 0 Å². The SMILES string of the molecule is CCCNc1nc(CC)nc(N(C)Cc2cccs2)c1C. The maximum atomic E-state index is 4.72. The summed E-state index contributed by atoms with van der Waals surface area (Å²) in [5.41, 5.74) is 1.12. The summed E-state index contributed by atoms with van der Waals surface area (Å²) < 4.78 is 0. The Bertz CT molecular complexity index is 566. The highest BCUT2D eigenvalue weighted by molar-refractivity contribution is 7.09. The zero-order chi connectivity index (χ0) is 15.2.